The van der Waals surface area contributed by atoms with E-state index in [1.54, 1.807) is 35.1 Å². The van der Waals surface area contributed by atoms with Crippen molar-refractivity contribution in [3.05, 3.63) is 70.0 Å². The maximum absolute atomic E-state index is 4.76. The first-order valence-electron chi connectivity index (χ1n) is 14.9. The topological polar surface area (TPSA) is 69.6 Å². The van der Waals surface area contributed by atoms with Crippen molar-refractivity contribution in [2.45, 2.75) is 135 Å². The minimum atomic E-state index is 0.480. The molecule has 0 aromatic carbocycles. The van der Waals surface area contributed by atoms with Gasteiger partial charge in [-0.2, -0.15) is 5.10 Å². The third kappa shape index (κ3) is 24.7. The first-order chi connectivity index (χ1) is 19.2. The molecule has 0 amide bonds. The summed E-state index contributed by atoms with van der Waals surface area (Å²) < 4.78 is 6.68. The fourth-order valence-electron chi connectivity index (χ4n) is 2.12. The minimum Gasteiger partial charge on any atom is -0.451 e. The quantitative estimate of drug-likeness (QED) is 0.235. The molecule has 0 atom stereocenters. The molecule has 0 bridgehead atoms. The van der Waals surface area contributed by atoms with Crippen molar-refractivity contribution in [1.29, 1.82) is 0 Å². The Bertz CT molecular complexity index is 733. The van der Waals surface area contributed by atoms with Gasteiger partial charge in [-0.05, 0) is 31.7 Å². The van der Waals surface area contributed by atoms with E-state index >= 15 is 0 Å². The highest BCUT2D eigenvalue weighted by Gasteiger charge is 1.99. The molecule has 0 aliphatic rings. The van der Waals surface area contributed by atoms with Gasteiger partial charge in [0.05, 0.1) is 21.9 Å². The Hall–Kier alpha value is -2.32. The molecule has 0 saturated heterocycles. The van der Waals surface area contributed by atoms with Gasteiger partial charge >= 0.3 is 0 Å². The van der Waals surface area contributed by atoms with Crippen molar-refractivity contribution in [1.82, 2.24) is 24.7 Å². The van der Waals surface area contributed by atoms with Crippen LogP contribution < -0.4 is 0 Å². The minimum absolute atomic E-state index is 0.480. The molecule has 0 N–H and O–H groups in total. The van der Waals surface area contributed by atoms with Crippen LogP contribution in [-0.4, -0.2) is 24.7 Å². The summed E-state index contributed by atoms with van der Waals surface area (Å²) in [4.78, 5) is 12.2. The summed E-state index contributed by atoms with van der Waals surface area (Å²) in [6, 6.07) is 2.42. The summed E-state index contributed by atoms with van der Waals surface area (Å²) in [6.07, 6.45) is 8.73. The van der Waals surface area contributed by atoms with Crippen LogP contribution >= 0.6 is 22.7 Å². The lowest BCUT2D eigenvalue weighted by Gasteiger charge is -2.01. The van der Waals surface area contributed by atoms with Crippen LogP contribution in [0.1, 0.15) is 151 Å². The summed E-state index contributed by atoms with van der Waals surface area (Å²) in [5, 5.41) is 9.36. The van der Waals surface area contributed by atoms with Gasteiger partial charge in [0.1, 0.15) is 6.26 Å². The molecule has 0 aliphatic heterocycles. The Labute approximate surface area is 255 Å². The molecule has 4 rings (SSSR count). The summed E-state index contributed by atoms with van der Waals surface area (Å²) in [7, 11) is 0. The van der Waals surface area contributed by atoms with Crippen LogP contribution in [0.15, 0.2) is 58.0 Å². The Morgan fingerprint density at radius 1 is 0.700 bits per heavy atom. The third-order valence-electron chi connectivity index (χ3n) is 4.09. The predicted molar refractivity (Wildman–Crippen MR) is 181 cm³/mol. The maximum atomic E-state index is 4.76. The molecule has 8 heteroatoms. The molecule has 0 aliphatic carbocycles. The van der Waals surface area contributed by atoms with Crippen molar-refractivity contribution in [3.8, 4) is 0 Å². The van der Waals surface area contributed by atoms with Gasteiger partial charge in [-0.15, -0.1) is 22.7 Å². The Balaban J connectivity index is -0.000000199. The molecule has 4 aromatic heterocycles. The second-order valence-corrected chi connectivity index (χ2v) is 9.89. The second kappa shape index (κ2) is 32.9. The molecule has 4 aromatic rings. The van der Waals surface area contributed by atoms with E-state index in [0.29, 0.717) is 23.8 Å². The zero-order valence-corrected chi connectivity index (χ0v) is 30.1. The molecular formula is C32H61N5OS2. The van der Waals surface area contributed by atoms with Crippen molar-refractivity contribution in [3.63, 3.8) is 0 Å². The average Bonchev–Trinajstić information content (AvgIpc) is 3.81. The number of hydrogen-bond acceptors (Lipinski definition) is 7. The standard InChI is InChI=1S/C6H10N2.C6H9NO.2C6H9NS.4C2H6/c1-6(2)8-5-3-4-7-8;2*1-5(2)6-3-8-4-7-6;1-5(2)6-7-3-4-8-6;4*1-2/h3-6H,1-2H3;3*3-5H,1-2H3;4*1-2H3. The molecule has 0 spiro atoms. The average molecular weight is 596 g/mol. The summed E-state index contributed by atoms with van der Waals surface area (Å²) in [5.74, 6) is 1.66. The summed E-state index contributed by atoms with van der Waals surface area (Å²) in [6.45, 7) is 33.0. The van der Waals surface area contributed by atoms with Crippen LogP contribution in [0.5, 0.6) is 0 Å². The SMILES string of the molecule is CC.CC.CC.CC.CC(C)c1cocn1.CC(C)c1cscn1.CC(C)c1nccs1.CC(C)n1cccn1. The van der Waals surface area contributed by atoms with E-state index in [2.05, 4.69) is 80.8 Å². The molecule has 6 nitrogen and oxygen atoms in total. The maximum Gasteiger partial charge on any atom is 0.180 e. The van der Waals surface area contributed by atoms with Crippen LogP contribution in [0.25, 0.3) is 0 Å². The molecular weight excluding hydrogens is 535 g/mol. The summed E-state index contributed by atoms with van der Waals surface area (Å²) in [5.41, 5.74) is 4.09. The van der Waals surface area contributed by atoms with Gasteiger partial charge in [0.25, 0.3) is 0 Å². The second-order valence-electron chi connectivity index (χ2n) is 8.24. The fourth-order valence-corrected chi connectivity index (χ4v) is 3.49. The largest absolute Gasteiger partial charge is 0.451 e. The molecule has 232 valence electrons. The van der Waals surface area contributed by atoms with Gasteiger partial charge in [0, 0.05) is 41.3 Å². The number of thiazole rings is 2. The highest BCUT2D eigenvalue weighted by molar-refractivity contribution is 7.09. The number of oxazole rings is 1. The first-order valence-corrected chi connectivity index (χ1v) is 16.7. The number of aromatic nitrogens is 5. The highest BCUT2D eigenvalue weighted by Crippen LogP contribution is 2.15. The molecule has 0 fully saturated rings. The molecule has 0 unspecified atom stereocenters. The fraction of sp³-hybridized carbons (Fsp3) is 0.625. The van der Waals surface area contributed by atoms with E-state index in [0.717, 1.165) is 5.69 Å². The molecule has 0 saturated carbocycles. The van der Waals surface area contributed by atoms with Gasteiger partial charge in [-0.25, -0.2) is 15.0 Å². The van der Waals surface area contributed by atoms with Crippen LogP contribution in [0, 0.1) is 0 Å². The number of nitrogens with zero attached hydrogens (tertiary/aromatic N) is 5. The number of rotatable bonds is 4. The highest BCUT2D eigenvalue weighted by atomic mass is 32.1. The lowest BCUT2D eigenvalue weighted by atomic mass is 10.2. The van der Waals surface area contributed by atoms with E-state index < -0.39 is 0 Å². The van der Waals surface area contributed by atoms with Crippen LogP contribution in [0.2, 0.25) is 0 Å². The van der Waals surface area contributed by atoms with E-state index in [1.807, 2.05) is 89.4 Å². The lowest BCUT2D eigenvalue weighted by Crippen LogP contribution is -1.99. The molecule has 0 radical (unpaired) electrons. The predicted octanol–water partition coefficient (Wildman–Crippen LogP) is 11.9. The smallest absolute Gasteiger partial charge is 0.180 e. The Morgan fingerprint density at radius 2 is 1.27 bits per heavy atom. The van der Waals surface area contributed by atoms with E-state index in [9.17, 15) is 0 Å². The Morgan fingerprint density at radius 3 is 1.48 bits per heavy atom. The van der Waals surface area contributed by atoms with Crippen molar-refractivity contribution >= 4 is 22.7 Å². The Kier molecular flexibility index (Phi) is 36.7. The number of hydrogen-bond donors (Lipinski definition) is 0. The van der Waals surface area contributed by atoms with Gasteiger partial charge in [0.15, 0.2) is 6.39 Å². The van der Waals surface area contributed by atoms with Crippen LogP contribution in [0.4, 0.5) is 0 Å². The van der Waals surface area contributed by atoms with Gasteiger partial charge in [-0.3, -0.25) is 4.68 Å². The van der Waals surface area contributed by atoms with Gasteiger partial charge in [0.2, 0.25) is 0 Å². The summed E-state index contributed by atoms with van der Waals surface area (Å²) >= 11 is 3.38. The van der Waals surface area contributed by atoms with E-state index in [-0.39, 0.29) is 0 Å². The van der Waals surface area contributed by atoms with Crippen molar-refractivity contribution in [2.75, 3.05) is 0 Å². The first kappa shape index (κ1) is 44.7. The van der Waals surface area contributed by atoms with Crippen LogP contribution in [0.3, 0.4) is 0 Å². The monoisotopic (exact) mass is 595 g/mol. The molecule has 4 heterocycles. The van der Waals surface area contributed by atoms with Gasteiger partial charge < -0.3 is 4.42 Å². The lowest BCUT2D eigenvalue weighted by molar-refractivity contribution is 0.532. The van der Waals surface area contributed by atoms with Gasteiger partial charge in [-0.1, -0.05) is 96.9 Å². The van der Waals surface area contributed by atoms with E-state index in [1.165, 1.54) is 17.1 Å². The van der Waals surface area contributed by atoms with Crippen LogP contribution in [-0.2, 0) is 0 Å². The zero-order chi connectivity index (χ0) is 31.9. The normalized spacial score (nSPS) is 8.90. The molecule has 40 heavy (non-hydrogen) atoms. The van der Waals surface area contributed by atoms with Crippen molar-refractivity contribution < 1.29 is 4.42 Å². The van der Waals surface area contributed by atoms with Crippen molar-refractivity contribution in [2.24, 2.45) is 0 Å². The van der Waals surface area contributed by atoms with E-state index in [4.69, 9.17) is 4.42 Å². The zero-order valence-electron chi connectivity index (χ0n) is 28.5. The third-order valence-corrected chi connectivity index (χ3v) is 5.77.